The van der Waals surface area contributed by atoms with Gasteiger partial charge in [-0.15, -0.1) is 0 Å². The SMILES string of the molecule is COCC(C)N1C[C@@H]2CCCN[C@@H]2C1. The zero-order chi connectivity index (χ0) is 9.97. The molecule has 1 N–H and O–H groups in total. The molecule has 0 amide bonds. The van der Waals surface area contributed by atoms with Crippen LogP contribution in [0, 0.1) is 5.92 Å². The van der Waals surface area contributed by atoms with Gasteiger partial charge in [0.2, 0.25) is 0 Å². The average molecular weight is 198 g/mol. The Kier molecular flexibility index (Phi) is 3.42. The Morgan fingerprint density at radius 3 is 3.07 bits per heavy atom. The van der Waals surface area contributed by atoms with Crippen molar-refractivity contribution in [1.82, 2.24) is 10.2 Å². The number of nitrogens with one attached hydrogen (secondary N) is 1. The Morgan fingerprint density at radius 2 is 2.36 bits per heavy atom. The summed E-state index contributed by atoms with van der Waals surface area (Å²) >= 11 is 0. The summed E-state index contributed by atoms with van der Waals surface area (Å²) in [6.45, 7) is 6.82. The largest absolute Gasteiger partial charge is 0.383 e. The van der Waals surface area contributed by atoms with Gasteiger partial charge in [-0.05, 0) is 32.2 Å². The number of fused-ring (bicyclic) bond motifs is 1. The second kappa shape index (κ2) is 4.60. The molecular weight excluding hydrogens is 176 g/mol. The predicted molar refractivity (Wildman–Crippen MR) is 57.4 cm³/mol. The number of hydrogen-bond acceptors (Lipinski definition) is 3. The Labute approximate surface area is 86.8 Å². The maximum Gasteiger partial charge on any atom is 0.0615 e. The minimum absolute atomic E-state index is 0.576. The summed E-state index contributed by atoms with van der Waals surface area (Å²) in [5, 5.41) is 3.63. The predicted octanol–water partition coefficient (Wildman–Crippen LogP) is 0.705. The van der Waals surface area contributed by atoms with Gasteiger partial charge in [0.25, 0.3) is 0 Å². The van der Waals surface area contributed by atoms with Gasteiger partial charge in [-0.3, -0.25) is 4.90 Å². The van der Waals surface area contributed by atoms with Crippen molar-refractivity contribution in [2.24, 2.45) is 5.92 Å². The lowest BCUT2D eigenvalue weighted by atomic mass is 9.94. The molecule has 0 radical (unpaired) electrons. The van der Waals surface area contributed by atoms with Crippen molar-refractivity contribution in [3.63, 3.8) is 0 Å². The Morgan fingerprint density at radius 1 is 1.50 bits per heavy atom. The second-order valence-corrected chi connectivity index (χ2v) is 4.72. The molecule has 0 aromatic rings. The number of nitrogens with zero attached hydrogens (tertiary/aromatic N) is 1. The normalized spacial score (nSPS) is 35.6. The molecule has 2 rings (SSSR count). The van der Waals surface area contributed by atoms with Crippen molar-refractivity contribution >= 4 is 0 Å². The summed E-state index contributed by atoms with van der Waals surface area (Å²) in [4.78, 5) is 2.57. The maximum atomic E-state index is 5.21. The third-order valence-electron chi connectivity index (χ3n) is 3.66. The van der Waals surface area contributed by atoms with Gasteiger partial charge in [-0.1, -0.05) is 0 Å². The molecule has 3 heteroatoms. The maximum absolute atomic E-state index is 5.21. The fourth-order valence-electron chi connectivity index (χ4n) is 2.79. The standard InChI is InChI=1S/C11H22N2O/c1-9(8-14-2)13-6-10-4-3-5-12-11(10)7-13/h9-12H,3-8H2,1-2H3/t9?,10-,11+/m0/s1. The fraction of sp³-hybridized carbons (Fsp3) is 1.00. The monoisotopic (exact) mass is 198 g/mol. The second-order valence-electron chi connectivity index (χ2n) is 4.72. The van der Waals surface area contributed by atoms with E-state index >= 15 is 0 Å². The molecule has 0 bridgehead atoms. The smallest absolute Gasteiger partial charge is 0.0615 e. The van der Waals surface area contributed by atoms with Gasteiger partial charge in [0.05, 0.1) is 6.61 Å². The lowest BCUT2D eigenvalue weighted by Gasteiger charge is -2.25. The van der Waals surface area contributed by atoms with Crippen molar-refractivity contribution in [3.05, 3.63) is 0 Å². The number of piperidine rings is 1. The summed E-state index contributed by atoms with van der Waals surface area (Å²) in [6.07, 6.45) is 2.77. The third-order valence-corrected chi connectivity index (χ3v) is 3.66. The lowest BCUT2D eigenvalue weighted by molar-refractivity contribution is 0.112. The lowest BCUT2D eigenvalue weighted by Crippen LogP contribution is -2.41. The van der Waals surface area contributed by atoms with E-state index in [0.29, 0.717) is 6.04 Å². The molecule has 2 fully saturated rings. The van der Waals surface area contributed by atoms with E-state index in [1.165, 1.54) is 32.5 Å². The summed E-state index contributed by atoms with van der Waals surface area (Å²) in [5.74, 6) is 0.892. The van der Waals surface area contributed by atoms with Gasteiger partial charge in [0.15, 0.2) is 0 Å². The molecule has 0 aromatic carbocycles. The summed E-state index contributed by atoms with van der Waals surface area (Å²) in [5.41, 5.74) is 0. The first-order valence-electron chi connectivity index (χ1n) is 5.77. The van der Waals surface area contributed by atoms with Crippen LogP contribution in [0.2, 0.25) is 0 Å². The summed E-state index contributed by atoms with van der Waals surface area (Å²) in [6, 6.07) is 1.33. The van der Waals surface area contributed by atoms with Crippen LogP contribution in [-0.2, 0) is 4.74 Å². The van der Waals surface area contributed by atoms with E-state index in [4.69, 9.17) is 4.74 Å². The van der Waals surface area contributed by atoms with Crippen molar-refractivity contribution in [3.8, 4) is 0 Å². The zero-order valence-electron chi connectivity index (χ0n) is 9.33. The number of rotatable bonds is 3. The topological polar surface area (TPSA) is 24.5 Å². The van der Waals surface area contributed by atoms with Crippen molar-refractivity contribution in [2.75, 3.05) is 33.4 Å². The molecule has 0 aromatic heterocycles. The summed E-state index contributed by atoms with van der Waals surface area (Å²) < 4.78 is 5.21. The molecule has 2 heterocycles. The molecule has 3 atom stereocenters. The van der Waals surface area contributed by atoms with Crippen molar-refractivity contribution < 1.29 is 4.74 Å². The van der Waals surface area contributed by atoms with Gasteiger partial charge < -0.3 is 10.1 Å². The number of likely N-dealkylation sites (tertiary alicyclic amines) is 1. The average Bonchev–Trinajstić information content (AvgIpc) is 2.61. The van der Waals surface area contributed by atoms with Crippen LogP contribution in [0.15, 0.2) is 0 Å². The molecule has 0 saturated carbocycles. The van der Waals surface area contributed by atoms with Crippen LogP contribution >= 0.6 is 0 Å². The van der Waals surface area contributed by atoms with Gasteiger partial charge in [0.1, 0.15) is 0 Å². The molecule has 3 nitrogen and oxygen atoms in total. The van der Waals surface area contributed by atoms with Crippen LogP contribution in [0.25, 0.3) is 0 Å². The number of hydrogen-bond donors (Lipinski definition) is 1. The van der Waals surface area contributed by atoms with Crippen molar-refractivity contribution in [2.45, 2.75) is 31.8 Å². The van der Waals surface area contributed by atoms with E-state index < -0.39 is 0 Å². The molecule has 2 aliphatic heterocycles. The quantitative estimate of drug-likeness (QED) is 0.722. The molecule has 82 valence electrons. The van der Waals surface area contributed by atoms with E-state index in [-0.39, 0.29) is 0 Å². The van der Waals surface area contributed by atoms with E-state index in [0.717, 1.165) is 18.6 Å². The van der Waals surface area contributed by atoms with Crippen LogP contribution < -0.4 is 5.32 Å². The molecule has 0 spiro atoms. The first-order chi connectivity index (χ1) is 6.81. The Hall–Kier alpha value is -0.120. The Balaban J connectivity index is 1.86. The summed E-state index contributed by atoms with van der Waals surface area (Å²) in [7, 11) is 1.79. The first-order valence-corrected chi connectivity index (χ1v) is 5.77. The van der Waals surface area contributed by atoms with E-state index in [2.05, 4.69) is 17.1 Å². The minimum atomic E-state index is 0.576. The molecule has 1 unspecified atom stereocenters. The minimum Gasteiger partial charge on any atom is -0.383 e. The van der Waals surface area contributed by atoms with Crippen LogP contribution in [0.5, 0.6) is 0 Å². The molecule has 2 aliphatic rings. The van der Waals surface area contributed by atoms with Crippen LogP contribution in [0.3, 0.4) is 0 Å². The molecule has 2 saturated heterocycles. The van der Waals surface area contributed by atoms with Gasteiger partial charge >= 0.3 is 0 Å². The third kappa shape index (κ3) is 2.10. The Bertz CT molecular complexity index is 172. The van der Waals surface area contributed by atoms with Crippen LogP contribution in [0.1, 0.15) is 19.8 Å². The highest BCUT2D eigenvalue weighted by Gasteiger charge is 2.35. The first kappa shape index (κ1) is 10.4. The van der Waals surface area contributed by atoms with E-state index in [9.17, 15) is 0 Å². The number of ether oxygens (including phenoxy) is 1. The van der Waals surface area contributed by atoms with Gasteiger partial charge in [-0.25, -0.2) is 0 Å². The van der Waals surface area contributed by atoms with Crippen LogP contribution in [-0.4, -0.2) is 50.3 Å². The number of methoxy groups -OCH3 is 1. The van der Waals surface area contributed by atoms with Gasteiger partial charge in [0, 0.05) is 32.3 Å². The highest BCUT2D eigenvalue weighted by molar-refractivity contribution is 4.93. The van der Waals surface area contributed by atoms with Crippen molar-refractivity contribution in [1.29, 1.82) is 0 Å². The molecule has 0 aliphatic carbocycles. The fourth-order valence-corrected chi connectivity index (χ4v) is 2.79. The molecular formula is C11H22N2O. The zero-order valence-corrected chi connectivity index (χ0v) is 9.33. The highest BCUT2D eigenvalue weighted by atomic mass is 16.5. The van der Waals surface area contributed by atoms with Crippen LogP contribution in [0.4, 0.5) is 0 Å². The molecule has 14 heavy (non-hydrogen) atoms. The van der Waals surface area contributed by atoms with E-state index in [1.54, 1.807) is 7.11 Å². The van der Waals surface area contributed by atoms with E-state index in [1.807, 2.05) is 0 Å². The highest BCUT2D eigenvalue weighted by Crippen LogP contribution is 2.26. The van der Waals surface area contributed by atoms with Gasteiger partial charge in [-0.2, -0.15) is 0 Å².